The molecule has 0 atom stereocenters. The Morgan fingerprint density at radius 2 is 1.97 bits per heavy atom. The average molecular weight is 536 g/mol. The van der Waals surface area contributed by atoms with Crippen LogP contribution in [0.2, 0.25) is 0 Å². The topological polar surface area (TPSA) is 90.3 Å². The van der Waals surface area contributed by atoms with Crippen LogP contribution in [0.25, 0.3) is 5.69 Å². The molecule has 36 heavy (non-hydrogen) atoms. The first-order valence-electron chi connectivity index (χ1n) is 10.8. The molecule has 0 spiro atoms. The highest BCUT2D eigenvalue weighted by atomic mass is 32.2. The quantitative estimate of drug-likeness (QED) is 0.264. The third kappa shape index (κ3) is 5.59. The van der Waals surface area contributed by atoms with Crippen molar-refractivity contribution < 1.29 is 27.5 Å². The van der Waals surface area contributed by atoms with Gasteiger partial charge in [-0.15, -0.1) is 11.8 Å². The molecule has 0 fully saturated rings. The van der Waals surface area contributed by atoms with Crippen molar-refractivity contribution in [1.29, 1.82) is 0 Å². The number of amides is 1. The van der Waals surface area contributed by atoms with Gasteiger partial charge in [0.1, 0.15) is 0 Å². The van der Waals surface area contributed by atoms with Crippen LogP contribution >= 0.6 is 23.5 Å². The lowest BCUT2D eigenvalue weighted by Crippen LogP contribution is -2.25. The molecule has 1 N–H and O–H groups in total. The average Bonchev–Trinajstić information content (AvgIpc) is 3.32. The number of benzene rings is 2. The van der Waals surface area contributed by atoms with E-state index in [-0.39, 0.29) is 34.5 Å². The van der Waals surface area contributed by atoms with Gasteiger partial charge in [0.15, 0.2) is 5.16 Å². The first-order chi connectivity index (χ1) is 17.2. The fraction of sp³-hybridized carbons (Fsp3) is 0.250. The fourth-order valence-corrected chi connectivity index (χ4v) is 5.39. The number of rotatable bonds is 7. The second-order valence-corrected chi connectivity index (χ2v) is 9.61. The highest BCUT2D eigenvalue weighted by molar-refractivity contribution is 8.00. The Kier molecular flexibility index (Phi) is 7.74. The van der Waals surface area contributed by atoms with E-state index >= 15 is 0 Å². The number of hydrogen-bond acceptors (Lipinski definition) is 7. The summed E-state index contributed by atoms with van der Waals surface area (Å²) in [6, 6.07) is 10.8. The van der Waals surface area contributed by atoms with E-state index in [0.29, 0.717) is 22.8 Å². The van der Waals surface area contributed by atoms with Gasteiger partial charge in [-0.05, 0) is 37.3 Å². The lowest BCUT2D eigenvalue weighted by atomic mass is 10.2. The zero-order valence-corrected chi connectivity index (χ0v) is 20.6. The van der Waals surface area contributed by atoms with Crippen LogP contribution in [0.15, 0.2) is 63.4 Å². The fourth-order valence-electron chi connectivity index (χ4n) is 3.53. The molecule has 1 aromatic heterocycles. The highest BCUT2D eigenvalue weighted by Gasteiger charge is 2.31. The lowest BCUT2D eigenvalue weighted by molar-refractivity contribution is -0.137. The molecular formula is C24H20F3N3O4S2. The number of nitrogens with one attached hydrogen (secondary N) is 1. The molecule has 12 heteroatoms. The van der Waals surface area contributed by atoms with Crippen LogP contribution in [0.1, 0.15) is 28.5 Å². The third-order valence-electron chi connectivity index (χ3n) is 5.13. The van der Waals surface area contributed by atoms with Crippen molar-refractivity contribution in [2.75, 3.05) is 23.4 Å². The van der Waals surface area contributed by atoms with E-state index in [1.165, 1.54) is 30.0 Å². The molecule has 188 valence electrons. The van der Waals surface area contributed by atoms with Crippen molar-refractivity contribution >= 4 is 41.1 Å². The maximum Gasteiger partial charge on any atom is 0.416 e. The number of hydrogen-bond donors (Lipinski definition) is 1. The van der Waals surface area contributed by atoms with Crippen molar-refractivity contribution in [2.24, 2.45) is 0 Å². The van der Waals surface area contributed by atoms with E-state index in [2.05, 4.69) is 10.3 Å². The Morgan fingerprint density at radius 3 is 2.72 bits per heavy atom. The molecular weight excluding hydrogens is 515 g/mol. The van der Waals surface area contributed by atoms with Gasteiger partial charge < -0.3 is 10.1 Å². The standard InChI is InChI=1S/C24H20F3N3O4S2/c1-2-34-22(33)16-8-3-4-9-17(16)28-19(31)13-36-23-29-18-10-11-35-20(18)21(32)30(23)15-7-5-6-14(12-15)24(25,26)27/h3-9,12H,2,10-11,13H2,1H3,(H,28,31). The minimum absolute atomic E-state index is 0.00758. The van der Waals surface area contributed by atoms with Gasteiger partial charge >= 0.3 is 12.1 Å². The second-order valence-electron chi connectivity index (χ2n) is 7.56. The van der Waals surface area contributed by atoms with E-state index in [4.69, 9.17) is 4.74 Å². The van der Waals surface area contributed by atoms with E-state index in [1.54, 1.807) is 25.1 Å². The second kappa shape index (κ2) is 10.8. The van der Waals surface area contributed by atoms with Crippen molar-refractivity contribution in [2.45, 2.75) is 29.6 Å². The highest BCUT2D eigenvalue weighted by Crippen LogP contribution is 2.33. The minimum atomic E-state index is -4.59. The van der Waals surface area contributed by atoms with Crippen LogP contribution in [0.3, 0.4) is 0 Å². The maximum absolute atomic E-state index is 13.3. The van der Waals surface area contributed by atoms with Crippen LogP contribution in [0.4, 0.5) is 18.9 Å². The number of alkyl halides is 3. The number of carbonyl (C=O) groups excluding carboxylic acids is 2. The van der Waals surface area contributed by atoms with Gasteiger partial charge in [-0.2, -0.15) is 13.2 Å². The largest absolute Gasteiger partial charge is 0.462 e. The normalized spacial score (nSPS) is 12.8. The van der Waals surface area contributed by atoms with Gasteiger partial charge in [-0.3, -0.25) is 14.2 Å². The zero-order chi connectivity index (χ0) is 25.9. The molecule has 4 rings (SSSR count). The molecule has 0 saturated carbocycles. The Balaban J connectivity index is 1.62. The Bertz CT molecular complexity index is 1380. The summed E-state index contributed by atoms with van der Waals surface area (Å²) in [5.74, 6) is -0.637. The summed E-state index contributed by atoms with van der Waals surface area (Å²) in [5, 5.41) is 2.75. The van der Waals surface area contributed by atoms with E-state index in [9.17, 15) is 27.6 Å². The predicted molar refractivity (Wildman–Crippen MR) is 131 cm³/mol. The Labute approximate surface area is 212 Å². The predicted octanol–water partition coefficient (Wildman–Crippen LogP) is 4.81. The number of nitrogens with zero attached hydrogens (tertiary/aromatic N) is 2. The summed E-state index contributed by atoms with van der Waals surface area (Å²) < 4.78 is 46.0. The molecule has 1 aliphatic heterocycles. The number of carbonyl (C=O) groups is 2. The van der Waals surface area contributed by atoms with E-state index < -0.39 is 29.2 Å². The van der Waals surface area contributed by atoms with Gasteiger partial charge in [0.2, 0.25) is 5.91 Å². The molecule has 7 nitrogen and oxygen atoms in total. The summed E-state index contributed by atoms with van der Waals surface area (Å²) in [5.41, 5.74) is -0.361. The van der Waals surface area contributed by atoms with Crippen molar-refractivity contribution in [3.8, 4) is 5.69 Å². The smallest absolute Gasteiger partial charge is 0.416 e. The van der Waals surface area contributed by atoms with Crippen molar-refractivity contribution in [3.05, 3.63) is 75.7 Å². The van der Waals surface area contributed by atoms with E-state index in [1.807, 2.05) is 0 Å². The zero-order valence-electron chi connectivity index (χ0n) is 18.9. The number of esters is 1. The molecule has 2 aromatic carbocycles. The summed E-state index contributed by atoms with van der Waals surface area (Å²) in [6.07, 6.45) is -4.04. The number of aryl methyl sites for hydroxylation is 1. The van der Waals surface area contributed by atoms with Gasteiger partial charge in [0.25, 0.3) is 5.56 Å². The van der Waals surface area contributed by atoms with Crippen LogP contribution in [0, 0.1) is 0 Å². The molecule has 0 bridgehead atoms. The van der Waals surface area contributed by atoms with Crippen LogP contribution in [0.5, 0.6) is 0 Å². The Hall–Kier alpha value is -3.25. The minimum Gasteiger partial charge on any atom is -0.462 e. The molecule has 2 heterocycles. The van der Waals surface area contributed by atoms with Gasteiger partial charge in [0.05, 0.1) is 45.5 Å². The third-order valence-corrected chi connectivity index (χ3v) is 7.17. The van der Waals surface area contributed by atoms with Crippen LogP contribution in [-0.2, 0) is 22.1 Å². The molecule has 1 aliphatic rings. The molecule has 3 aromatic rings. The number of thioether (sulfide) groups is 2. The number of para-hydroxylation sites is 1. The molecule has 0 radical (unpaired) electrons. The lowest BCUT2D eigenvalue weighted by Gasteiger charge is -2.15. The van der Waals surface area contributed by atoms with Gasteiger partial charge in [0, 0.05) is 12.2 Å². The summed E-state index contributed by atoms with van der Waals surface area (Å²) in [7, 11) is 0. The van der Waals surface area contributed by atoms with Crippen LogP contribution < -0.4 is 10.9 Å². The molecule has 0 saturated heterocycles. The van der Waals surface area contributed by atoms with Crippen molar-refractivity contribution in [3.63, 3.8) is 0 Å². The number of halogens is 3. The summed E-state index contributed by atoms with van der Waals surface area (Å²) in [4.78, 5) is 43.0. The summed E-state index contributed by atoms with van der Waals surface area (Å²) in [6.45, 7) is 1.84. The molecule has 0 aliphatic carbocycles. The number of anilines is 1. The number of aromatic nitrogens is 2. The summed E-state index contributed by atoms with van der Waals surface area (Å²) >= 11 is 2.23. The maximum atomic E-state index is 13.3. The monoisotopic (exact) mass is 535 g/mol. The van der Waals surface area contributed by atoms with E-state index in [0.717, 1.165) is 28.5 Å². The Morgan fingerprint density at radius 1 is 1.19 bits per heavy atom. The first-order valence-corrected chi connectivity index (χ1v) is 12.8. The van der Waals surface area contributed by atoms with Crippen molar-refractivity contribution in [1.82, 2.24) is 9.55 Å². The van der Waals surface area contributed by atoms with Gasteiger partial charge in [-0.25, -0.2) is 9.78 Å². The number of ether oxygens (including phenoxy) is 1. The molecule has 1 amide bonds. The molecule has 0 unspecified atom stereocenters. The van der Waals surface area contributed by atoms with Crippen LogP contribution in [-0.4, -0.2) is 39.5 Å². The number of fused-ring (bicyclic) bond motifs is 1. The SMILES string of the molecule is CCOC(=O)c1ccccc1NC(=O)CSc1nc2c(c(=O)n1-c1cccc(C(F)(F)F)c1)SCC2. The first kappa shape index (κ1) is 25.8. The van der Waals surface area contributed by atoms with Gasteiger partial charge in [-0.1, -0.05) is 30.0 Å².